The lowest BCUT2D eigenvalue weighted by molar-refractivity contribution is 0.893. The van der Waals surface area contributed by atoms with Crippen LogP contribution in [0.4, 0.5) is 0 Å². The van der Waals surface area contributed by atoms with Gasteiger partial charge in [-0.15, -0.1) is 0 Å². The first kappa shape index (κ1) is 9.56. The third kappa shape index (κ3) is 2.23. The molecule has 0 radical (unpaired) electrons. The Morgan fingerprint density at radius 3 is 2.67 bits per heavy atom. The van der Waals surface area contributed by atoms with Crippen LogP contribution >= 0.6 is 11.6 Å². The monoisotopic (exact) mass is 183 g/mol. The highest BCUT2D eigenvalue weighted by molar-refractivity contribution is 6.30. The summed E-state index contributed by atoms with van der Waals surface area (Å²) in [5, 5.41) is 0.802. The van der Waals surface area contributed by atoms with E-state index in [0.717, 1.165) is 17.9 Å². The van der Waals surface area contributed by atoms with Crippen molar-refractivity contribution < 1.29 is 0 Å². The van der Waals surface area contributed by atoms with Gasteiger partial charge in [-0.25, -0.2) is 0 Å². The number of halogens is 1. The van der Waals surface area contributed by atoms with Crippen molar-refractivity contribution in [1.82, 2.24) is 0 Å². The molecule has 0 heterocycles. The lowest BCUT2D eigenvalue weighted by Gasteiger charge is -2.06. The predicted octanol–water partition coefficient (Wildman–Crippen LogP) is 2.75. The molecule has 0 atom stereocenters. The fourth-order valence-electron chi connectivity index (χ4n) is 1.30. The van der Waals surface area contributed by atoms with Gasteiger partial charge >= 0.3 is 0 Å². The highest BCUT2D eigenvalue weighted by atomic mass is 35.5. The van der Waals surface area contributed by atoms with E-state index in [0.29, 0.717) is 6.54 Å². The van der Waals surface area contributed by atoms with Crippen molar-refractivity contribution in [3.05, 3.63) is 34.3 Å². The molecule has 0 aromatic heterocycles. The molecule has 0 amide bonds. The zero-order valence-corrected chi connectivity index (χ0v) is 8.06. The van der Waals surface area contributed by atoms with Gasteiger partial charge in [-0.2, -0.15) is 0 Å². The van der Waals surface area contributed by atoms with Gasteiger partial charge in [0, 0.05) is 11.6 Å². The van der Waals surface area contributed by atoms with Gasteiger partial charge in [-0.05, 0) is 29.7 Å². The standard InChI is InChI=1S/C10H14ClN/c1-2-3-8-6-10(11)5-4-9(8)7-12/h4-6H,2-3,7,12H2,1H3. The van der Waals surface area contributed by atoms with E-state index >= 15 is 0 Å². The van der Waals surface area contributed by atoms with Crippen molar-refractivity contribution in [3.63, 3.8) is 0 Å². The molecule has 0 aliphatic carbocycles. The first-order chi connectivity index (χ1) is 5.77. The number of rotatable bonds is 3. The van der Waals surface area contributed by atoms with Crippen LogP contribution in [0.5, 0.6) is 0 Å². The van der Waals surface area contributed by atoms with Gasteiger partial charge in [0.05, 0.1) is 0 Å². The van der Waals surface area contributed by atoms with Crippen molar-refractivity contribution >= 4 is 11.6 Å². The Morgan fingerprint density at radius 1 is 1.33 bits per heavy atom. The van der Waals surface area contributed by atoms with Crippen LogP contribution in [0.1, 0.15) is 24.5 Å². The van der Waals surface area contributed by atoms with E-state index in [1.54, 1.807) is 0 Å². The van der Waals surface area contributed by atoms with Gasteiger partial charge in [0.25, 0.3) is 0 Å². The van der Waals surface area contributed by atoms with Crippen molar-refractivity contribution in [2.75, 3.05) is 0 Å². The largest absolute Gasteiger partial charge is 0.326 e. The van der Waals surface area contributed by atoms with Crippen molar-refractivity contribution in [3.8, 4) is 0 Å². The minimum absolute atomic E-state index is 0.604. The third-order valence-corrected chi connectivity index (χ3v) is 2.14. The molecule has 66 valence electrons. The molecule has 1 nitrogen and oxygen atoms in total. The molecule has 12 heavy (non-hydrogen) atoms. The lowest BCUT2D eigenvalue weighted by Crippen LogP contribution is -2.01. The highest BCUT2D eigenvalue weighted by Gasteiger charge is 2.00. The second kappa shape index (κ2) is 4.48. The minimum Gasteiger partial charge on any atom is -0.326 e. The summed E-state index contributed by atoms with van der Waals surface area (Å²) in [6.07, 6.45) is 2.19. The van der Waals surface area contributed by atoms with Gasteiger partial charge in [0.1, 0.15) is 0 Å². The molecule has 1 rings (SSSR count). The molecule has 2 N–H and O–H groups in total. The number of hydrogen-bond acceptors (Lipinski definition) is 1. The second-order valence-electron chi connectivity index (χ2n) is 2.87. The zero-order chi connectivity index (χ0) is 8.97. The molecule has 1 aromatic rings. The Morgan fingerprint density at radius 2 is 2.08 bits per heavy atom. The summed E-state index contributed by atoms with van der Waals surface area (Å²) in [6.45, 7) is 2.76. The Balaban J connectivity index is 2.95. The lowest BCUT2D eigenvalue weighted by atomic mass is 10.0. The highest BCUT2D eigenvalue weighted by Crippen LogP contribution is 2.17. The first-order valence-electron chi connectivity index (χ1n) is 4.25. The van der Waals surface area contributed by atoms with E-state index in [9.17, 15) is 0 Å². The van der Waals surface area contributed by atoms with E-state index in [1.165, 1.54) is 11.1 Å². The number of benzene rings is 1. The molecule has 0 spiro atoms. The number of aryl methyl sites for hydroxylation is 1. The molecule has 2 heteroatoms. The molecule has 0 aliphatic rings. The Bertz CT molecular complexity index is 258. The third-order valence-electron chi connectivity index (χ3n) is 1.91. The van der Waals surface area contributed by atoms with Crippen molar-refractivity contribution in [2.24, 2.45) is 5.73 Å². The van der Waals surface area contributed by atoms with Crippen molar-refractivity contribution in [1.29, 1.82) is 0 Å². The summed E-state index contributed by atoms with van der Waals surface area (Å²) in [4.78, 5) is 0. The van der Waals surface area contributed by atoms with Gasteiger partial charge < -0.3 is 5.73 Å². The maximum Gasteiger partial charge on any atom is 0.0408 e. The van der Waals surface area contributed by atoms with Crippen LogP contribution in [0, 0.1) is 0 Å². The Kier molecular flexibility index (Phi) is 3.57. The quantitative estimate of drug-likeness (QED) is 0.767. The topological polar surface area (TPSA) is 26.0 Å². The number of hydrogen-bond donors (Lipinski definition) is 1. The molecule has 0 unspecified atom stereocenters. The molecule has 0 aliphatic heterocycles. The number of nitrogens with two attached hydrogens (primary N) is 1. The van der Waals surface area contributed by atoms with Gasteiger partial charge in [0.15, 0.2) is 0 Å². The summed E-state index contributed by atoms with van der Waals surface area (Å²) >= 11 is 5.87. The van der Waals surface area contributed by atoms with Crippen LogP contribution in [-0.4, -0.2) is 0 Å². The fraction of sp³-hybridized carbons (Fsp3) is 0.400. The van der Waals surface area contributed by atoms with E-state index in [2.05, 4.69) is 6.92 Å². The van der Waals surface area contributed by atoms with Crippen LogP contribution in [0.15, 0.2) is 18.2 Å². The summed E-state index contributed by atoms with van der Waals surface area (Å²) in [5.41, 5.74) is 8.08. The smallest absolute Gasteiger partial charge is 0.0408 e. The zero-order valence-electron chi connectivity index (χ0n) is 7.31. The predicted molar refractivity (Wildman–Crippen MR) is 53.3 cm³/mol. The fourth-order valence-corrected chi connectivity index (χ4v) is 1.49. The van der Waals surface area contributed by atoms with Crippen LogP contribution in [0.2, 0.25) is 5.02 Å². The van der Waals surface area contributed by atoms with E-state index < -0.39 is 0 Å². The second-order valence-corrected chi connectivity index (χ2v) is 3.30. The van der Waals surface area contributed by atoms with Crippen LogP contribution < -0.4 is 5.73 Å². The molecule has 0 saturated heterocycles. The molecular weight excluding hydrogens is 170 g/mol. The summed E-state index contributed by atoms with van der Waals surface area (Å²) in [7, 11) is 0. The maximum absolute atomic E-state index is 5.87. The Hall–Kier alpha value is -0.530. The van der Waals surface area contributed by atoms with E-state index in [4.69, 9.17) is 17.3 Å². The summed E-state index contributed by atoms with van der Waals surface area (Å²) in [5.74, 6) is 0. The Labute approximate surface area is 78.5 Å². The van der Waals surface area contributed by atoms with E-state index in [1.807, 2.05) is 18.2 Å². The summed E-state index contributed by atoms with van der Waals surface area (Å²) in [6, 6.07) is 5.91. The molecule has 0 fully saturated rings. The molecule has 0 saturated carbocycles. The van der Waals surface area contributed by atoms with Crippen molar-refractivity contribution in [2.45, 2.75) is 26.3 Å². The summed E-state index contributed by atoms with van der Waals surface area (Å²) < 4.78 is 0. The molecular formula is C10H14ClN. The van der Waals surface area contributed by atoms with Crippen LogP contribution in [-0.2, 0) is 13.0 Å². The first-order valence-corrected chi connectivity index (χ1v) is 4.63. The van der Waals surface area contributed by atoms with Crippen LogP contribution in [0.25, 0.3) is 0 Å². The van der Waals surface area contributed by atoms with Gasteiger partial charge in [-0.3, -0.25) is 0 Å². The normalized spacial score (nSPS) is 10.2. The van der Waals surface area contributed by atoms with E-state index in [-0.39, 0.29) is 0 Å². The van der Waals surface area contributed by atoms with Crippen LogP contribution in [0.3, 0.4) is 0 Å². The average Bonchev–Trinajstić information content (AvgIpc) is 2.05. The van der Waals surface area contributed by atoms with Gasteiger partial charge in [-0.1, -0.05) is 31.0 Å². The average molecular weight is 184 g/mol. The maximum atomic E-state index is 5.87. The van der Waals surface area contributed by atoms with Gasteiger partial charge in [0.2, 0.25) is 0 Å². The molecule has 1 aromatic carbocycles. The minimum atomic E-state index is 0.604. The molecule has 0 bridgehead atoms. The SMILES string of the molecule is CCCc1cc(Cl)ccc1CN.